The Hall–Kier alpha value is -0.0400. The monoisotopic (exact) mass is 222 g/mol. The van der Waals surface area contributed by atoms with Gasteiger partial charge in [0.15, 0.2) is 0 Å². The van der Waals surface area contributed by atoms with Gasteiger partial charge < -0.3 is 5.11 Å². The smallest absolute Gasteiger partial charge is 0.0653 e. The Bertz CT molecular complexity index is 309. The number of fused-ring (bicyclic) bond motifs is 1. The van der Waals surface area contributed by atoms with Crippen LogP contribution in [0.5, 0.6) is 0 Å². The summed E-state index contributed by atoms with van der Waals surface area (Å²) in [4.78, 5) is 0. The fourth-order valence-corrected chi connectivity index (χ4v) is 5.49. The lowest BCUT2D eigenvalue weighted by molar-refractivity contribution is -0.0707. The van der Waals surface area contributed by atoms with Crippen LogP contribution in [-0.4, -0.2) is 10.7 Å². The van der Waals surface area contributed by atoms with Crippen LogP contribution < -0.4 is 0 Å². The highest BCUT2D eigenvalue weighted by Crippen LogP contribution is 2.70. The minimum absolute atomic E-state index is 0.366. The fourth-order valence-electron chi connectivity index (χ4n) is 5.49. The Balaban J connectivity index is 2.02. The Morgan fingerprint density at radius 3 is 2.62 bits per heavy atom. The standard InChI is InChI=1S/C15H26O/c1-11-5-4-7-15-9-12(14(3,16)10-15)6-8-13(11,15)2/h11-12,16H,4-10H2,1-3H3/t11-,12+,13+,14+,15-/m1/s1. The molecule has 3 fully saturated rings. The normalized spacial score (nSPS) is 60.8. The van der Waals surface area contributed by atoms with Crippen molar-refractivity contribution in [2.45, 2.75) is 71.3 Å². The van der Waals surface area contributed by atoms with Gasteiger partial charge in [0.2, 0.25) is 0 Å². The number of rotatable bonds is 0. The molecular weight excluding hydrogens is 196 g/mol. The molecule has 0 aromatic carbocycles. The molecule has 1 N–H and O–H groups in total. The Morgan fingerprint density at radius 2 is 1.88 bits per heavy atom. The van der Waals surface area contributed by atoms with Crippen LogP contribution in [0.1, 0.15) is 65.7 Å². The summed E-state index contributed by atoms with van der Waals surface area (Å²) in [7, 11) is 0. The highest BCUT2D eigenvalue weighted by Gasteiger charge is 2.63. The predicted octanol–water partition coefficient (Wildman–Crippen LogP) is 3.75. The van der Waals surface area contributed by atoms with Gasteiger partial charge in [-0.1, -0.05) is 26.7 Å². The van der Waals surface area contributed by atoms with Crippen LogP contribution in [0, 0.1) is 22.7 Å². The van der Waals surface area contributed by atoms with Crippen molar-refractivity contribution in [3.8, 4) is 0 Å². The molecule has 1 heteroatoms. The molecule has 2 bridgehead atoms. The van der Waals surface area contributed by atoms with Crippen molar-refractivity contribution in [3.63, 3.8) is 0 Å². The number of hydrogen-bond donors (Lipinski definition) is 1. The Labute approximate surface area is 99.6 Å². The first-order valence-corrected chi connectivity index (χ1v) is 7.12. The molecule has 1 nitrogen and oxygen atoms in total. The number of hydrogen-bond acceptors (Lipinski definition) is 1. The molecule has 0 radical (unpaired) electrons. The predicted molar refractivity (Wildman–Crippen MR) is 66.1 cm³/mol. The van der Waals surface area contributed by atoms with Crippen molar-refractivity contribution >= 4 is 0 Å². The van der Waals surface area contributed by atoms with Crippen molar-refractivity contribution < 1.29 is 5.11 Å². The summed E-state index contributed by atoms with van der Waals surface area (Å²) < 4.78 is 0. The van der Waals surface area contributed by atoms with E-state index < -0.39 is 0 Å². The van der Waals surface area contributed by atoms with Gasteiger partial charge in [0.05, 0.1) is 5.60 Å². The second-order valence-electron chi connectivity index (χ2n) is 7.46. The van der Waals surface area contributed by atoms with Gasteiger partial charge in [0.25, 0.3) is 0 Å². The molecule has 0 aliphatic heterocycles. The lowest BCUT2D eigenvalue weighted by Gasteiger charge is -2.56. The molecule has 5 atom stereocenters. The van der Waals surface area contributed by atoms with Crippen LogP contribution in [0.15, 0.2) is 0 Å². The maximum atomic E-state index is 10.6. The molecule has 0 aromatic heterocycles. The first kappa shape index (κ1) is 11.1. The van der Waals surface area contributed by atoms with E-state index in [2.05, 4.69) is 20.8 Å². The molecule has 0 amide bonds. The zero-order valence-electron chi connectivity index (χ0n) is 11.1. The van der Waals surface area contributed by atoms with Crippen molar-refractivity contribution in [2.75, 3.05) is 0 Å². The molecule has 0 unspecified atom stereocenters. The van der Waals surface area contributed by atoms with Crippen molar-refractivity contribution in [2.24, 2.45) is 22.7 Å². The van der Waals surface area contributed by atoms with E-state index in [1.807, 2.05) is 0 Å². The van der Waals surface area contributed by atoms with Gasteiger partial charge in [-0.2, -0.15) is 0 Å². The van der Waals surface area contributed by atoms with Crippen LogP contribution >= 0.6 is 0 Å². The lowest BCUT2D eigenvalue weighted by Crippen LogP contribution is -2.48. The van der Waals surface area contributed by atoms with E-state index in [0.29, 0.717) is 16.7 Å². The molecule has 0 saturated heterocycles. The quantitative estimate of drug-likeness (QED) is 0.662. The summed E-state index contributed by atoms with van der Waals surface area (Å²) in [6.07, 6.45) is 9.17. The van der Waals surface area contributed by atoms with Gasteiger partial charge in [-0.05, 0) is 61.7 Å². The van der Waals surface area contributed by atoms with Gasteiger partial charge in [0, 0.05) is 0 Å². The third kappa shape index (κ3) is 1.16. The molecule has 3 rings (SSSR count). The first-order valence-electron chi connectivity index (χ1n) is 7.12. The van der Waals surface area contributed by atoms with E-state index in [1.165, 1.54) is 38.5 Å². The summed E-state index contributed by atoms with van der Waals surface area (Å²) in [6.45, 7) is 7.07. The van der Waals surface area contributed by atoms with E-state index >= 15 is 0 Å². The summed E-state index contributed by atoms with van der Waals surface area (Å²) in [5.74, 6) is 1.45. The minimum Gasteiger partial charge on any atom is -0.390 e. The van der Waals surface area contributed by atoms with Crippen LogP contribution in [-0.2, 0) is 0 Å². The molecule has 0 heterocycles. The third-order valence-corrected chi connectivity index (χ3v) is 6.82. The second-order valence-corrected chi connectivity index (χ2v) is 7.46. The summed E-state index contributed by atoms with van der Waals surface area (Å²) in [5.41, 5.74) is 0.633. The van der Waals surface area contributed by atoms with Crippen LogP contribution in [0.25, 0.3) is 0 Å². The molecule has 3 saturated carbocycles. The summed E-state index contributed by atoms with van der Waals surface area (Å²) in [5, 5.41) is 10.6. The van der Waals surface area contributed by atoms with E-state index in [9.17, 15) is 5.11 Å². The highest BCUT2D eigenvalue weighted by molar-refractivity contribution is 5.14. The molecule has 0 aromatic rings. The van der Waals surface area contributed by atoms with Gasteiger partial charge >= 0.3 is 0 Å². The van der Waals surface area contributed by atoms with Crippen LogP contribution in [0.4, 0.5) is 0 Å². The van der Waals surface area contributed by atoms with Crippen molar-refractivity contribution in [1.29, 1.82) is 0 Å². The van der Waals surface area contributed by atoms with Gasteiger partial charge in [-0.3, -0.25) is 0 Å². The molecular formula is C15H26O. The summed E-state index contributed by atoms with van der Waals surface area (Å²) in [6, 6.07) is 0. The highest BCUT2D eigenvalue weighted by atomic mass is 16.3. The molecule has 92 valence electrons. The molecule has 1 spiro atoms. The summed E-state index contributed by atoms with van der Waals surface area (Å²) >= 11 is 0. The fraction of sp³-hybridized carbons (Fsp3) is 1.00. The van der Waals surface area contributed by atoms with E-state index in [0.717, 1.165) is 12.3 Å². The number of aliphatic hydroxyl groups is 1. The Kier molecular flexibility index (Phi) is 2.11. The zero-order chi connectivity index (χ0) is 11.6. The molecule has 3 aliphatic carbocycles. The average Bonchev–Trinajstić information content (AvgIpc) is 2.41. The van der Waals surface area contributed by atoms with Crippen LogP contribution in [0.3, 0.4) is 0 Å². The van der Waals surface area contributed by atoms with E-state index in [4.69, 9.17) is 0 Å². The van der Waals surface area contributed by atoms with Gasteiger partial charge in [-0.15, -0.1) is 0 Å². The molecule has 3 aliphatic rings. The topological polar surface area (TPSA) is 20.2 Å². The lowest BCUT2D eigenvalue weighted by atomic mass is 9.48. The zero-order valence-corrected chi connectivity index (χ0v) is 11.1. The van der Waals surface area contributed by atoms with E-state index in [-0.39, 0.29) is 5.60 Å². The van der Waals surface area contributed by atoms with Gasteiger partial charge in [0.1, 0.15) is 0 Å². The molecule has 16 heavy (non-hydrogen) atoms. The maximum absolute atomic E-state index is 10.6. The van der Waals surface area contributed by atoms with Gasteiger partial charge in [-0.25, -0.2) is 0 Å². The van der Waals surface area contributed by atoms with Crippen LogP contribution in [0.2, 0.25) is 0 Å². The Morgan fingerprint density at radius 1 is 1.12 bits per heavy atom. The SMILES string of the molecule is C[C@@H]1CCC[C@]23C[C@H](CC[C@@]12C)[C@@](C)(O)C3. The largest absolute Gasteiger partial charge is 0.390 e. The average molecular weight is 222 g/mol. The van der Waals surface area contributed by atoms with E-state index in [1.54, 1.807) is 0 Å². The minimum atomic E-state index is -0.366. The van der Waals surface area contributed by atoms with Crippen molar-refractivity contribution in [1.82, 2.24) is 0 Å². The first-order chi connectivity index (χ1) is 7.40. The van der Waals surface area contributed by atoms with Crippen molar-refractivity contribution in [3.05, 3.63) is 0 Å². The maximum Gasteiger partial charge on any atom is 0.0653 e. The third-order valence-electron chi connectivity index (χ3n) is 6.82. The second kappa shape index (κ2) is 3.04.